The molecule has 0 heterocycles. The van der Waals surface area contributed by atoms with E-state index in [1.165, 1.54) is 12.1 Å². The van der Waals surface area contributed by atoms with Crippen molar-refractivity contribution in [2.75, 3.05) is 27.7 Å². The maximum absolute atomic E-state index is 12.3. The van der Waals surface area contributed by atoms with Crippen LogP contribution in [0.25, 0.3) is 0 Å². The number of nitrogens with zero attached hydrogens (tertiary/aromatic N) is 1. The van der Waals surface area contributed by atoms with Crippen molar-refractivity contribution in [1.29, 1.82) is 0 Å². The first-order valence-electron chi connectivity index (χ1n) is 6.48. The quantitative estimate of drug-likeness (QED) is 0.552. The number of sulfonamides is 1. The molecule has 0 atom stereocenters. The summed E-state index contributed by atoms with van der Waals surface area (Å²) in [6.45, 7) is 3.60. The Hall–Kier alpha value is -1.15. The topological polar surface area (TPSA) is 70.7 Å². The number of nitrogens with one attached hydrogen (secondary N) is 2. The van der Waals surface area contributed by atoms with E-state index in [1.807, 2.05) is 6.07 Å². The molecular formula is C13H23N3O3S. The predicted octanol–water partition coefficient (Wildman–Crippen LogP) is 0.950. The van der Waals surface area contributed by atoms with Gasteiger partial charge in [-0.15, -0.1) is 4.83 Å². The highest BCUT2D eigenvalue weighted by Gasteiger charge is 2.20. The van der Waals surface area contributed by atoms with Gasteiger partial charge >= 0.3 is 0 Å². The van der Waals surface area contributed by atoms with Gasteiger partial charge in [0.1, 0.15) is 10.6 Å². The van der Waals surface area contributed by atoms with Crippen molar-refractivity contribution in [1.82, 2.24) is 15.2 Å². The predicted molar refractivity (Wildman–Crippen MR) is 79.0 cm³/mol. The van der Waals surface area contributed by atoms with Crippen LogP contribution in [-0.2, 0) is 16.6 Å². The second kappa shape index (κ2) is 7.58. The third-order valence-electron chi connectivity index (χ3n) is 2.58. The summed E-state index contributed by atoms with van der Waals surface area (Å²) in [6, 6.07) is 5.16. The smallest absolute Gasteiger partial charge is 0.257 e. The first-order valence-corrected chi connectivity index (χ1v) is 7.96. The zero-order valence-corrected chi connectivity index (χ0v) is 13.3. The highest BCUT2D eigenvalue weighted by molar-refractivity contribution is 7.89. The molecule has 0 amide bonds. The summed E-state index contributed by atoms with van der Waals surface area (Å²) in [4.78, 5) is 2.55. The van der Waals surface area contributed by atoms with E-state index in [-0.39, 0.29) is 4.90 Å². The highest BCUT2D eigenvalue weighted by atomic mass is 32.2. The molecule has 0 aliphatic carbocycles. The molecule has 2 N–H and O–H groups in total. The van der Waals surface area contributed by atoms with Gasteiger partial charge < -0.3 is 10.1 Å². The lowest BCUT2D eigenvalue weighted by atomic mass is 10.2. The van der Waals surface area contributed by atoms with E-state index in [0.717, 1.165) is 18.5 Å². The van der Waals surface area contributed by atoms with Gasteiger partial charge in [-0.05, 0) is 30.7 Å². The molecule has 0 aliphatic rings. The Labute approximate surface area is 121 Å². The van der Waals surface area contributed by atoms with Gasteiger partial charge in [0.25, 0.3) is 10.0 Å². The summed E-state index contributed by atoms with van der Waals surface area (Å²) in [7, 11) is 1.07. The molecule has 0 radical (unpaired) electrons. The van der Waals surface area contributed by atoms with E-state index in [9.17, 15) is 8.42 Å². The second-order valence-corrected chi connectivity index (χ2v) is 6.28. The van der Waals surface area contributed by atoms with Crippen LogP contribution in [0.1, 0.15) is 18.9 Å². The van der Waals surface area contributed by atoms with Crippen LogP contribution in [-0.4, -0.2) is 41.2 Å². The summed E-state index contributed by atoms with van der Waals surface area (Å²) in [5.74, 6) is 0.332. The van der Waals surface area contributed by atoms with E-state index in [2.05, 4.69) is 17.1 Å². The Morgan fingerprint density at radius 3 is 2.55 bits per heavy atom. The van der Waals surface area contributed by atoms with E-state index >= 15 is 0 Å². The Balaban J connectivity index is 3.05. The zero-order chi connectivity index (χ0) is 15.2. The maximum Gasteiger partial charge on any atom is 0.257 e. The van der Waals surface area contributed by atoms with Gasteiger partial charge in [0, 0.05) is 20.6 Å². The summed E-state index contributed by atoms with van der Waals surface area (Å²) in [6.07, 6.45) is 1.03. The van der Waals surface area contributed by atoms with E-state index in [0.29, 0.717) is 12.3 Å². The molecule has 0 unspecified atom stereocenters. The molecule has 7 heteroatoms. The first kappa shape index (κ1) is 16.9. The number of methoxy groups -OCH3 is 1. The van der Waals surface area contributed by atoms with Gasteiger partial charge in [-0.1, -0.05) is 13.0 Å². The molecule has 20 heavy (non-hydrogen) atoms. The molecule has 0 bridgehead atoms. The Bertz CT molecular complexity index is 530. The Morgan fingerprint density at radius 1 is 1.30 bits per heavy atom. The SMILES string of the molecule is CCCNCc1ccc(OC)c(S(=O)(=O)NN(C)C)c1. The third-order valence-corrected chi connectivity index (χ3v) is 4.08. The molecule has 1 aromatic rings. The molecule has 1 aromatic carbocycles. The lowest BCUT2D eigenvalue weighted by molar-refractivity contribution is 0.360. The van der Waals surface area contributed by atoms with Crippen LogP contribution in [0.15, 0.2) is 23.1 Å². The minimum absolute atomic E-state index is 0.143. The molecule has 0 saturated carbocycles. The fourth-order valence-corrected chi connectivity index (χ4v) is 3.04. The Morgan fingerprint density at radius 2 is 2.00 bits per heavy atom. The third kappa shape index (κ3) is 4.75. The summed E-state index contributed by atoms with van der Waals surface area (Å²) >= 11 is 0. The molecule has 0 spiro atoms. The summed E-state index contributed by atoms with van der Waals surface area (Å²) < 4.78 is 29.6. The molecule has 0 aliphatic heterocycles. The number of hydrogen-bond donors (Lipinski definition) is 2. The number of ether oxygens (including phenoxy) is 1. The lowest BCUT2D eigenvalue weighted by Crippen LogP contribution is -2.36. The number of benzene rings is 1. The van der Waals surface area contributed by atoms with Crippen LogP contribution in [0, 0.1) is 0 Å². The number of rotatable bonds is 8. The normalized spacial score (nSPS) is 11.8. The van der Waals surface area contributed by atoms with Crippen LogP contribution in [0.4, 0.5) is 0 Å². The van der Waals surface area contributed by atoms with Crippen molar-refractivity contribution in [3.05, 3.63) is 23.8 Å². The van der Waals surface area contributed by atoms with Crippen molar-refractivity contribution in [2.45, 2.75) is 24.8 Å². The highest BCUT2D eigenvalue weighted by Crippen LogP contribution is 2.24. The summed E-state index contributed by atoms with van der Waals surface area (Å²) in [5.41, 5.74) is 0.901. The van der Waals surface area contributed by atoms with Crippen molar-refractivity contribution in [3.8, 4) is 5.75 Å². The van der Waals surface area contributed by atoms with Gasteiger partial charge in [-0.25, -0.2) is 13.4 Å². The molecule has 1 rings (SSSR count). The standard InChI is InChI=1S/C13H23N3O3S/c1-5-8-14-10-11-6-7-12(19-4)13(9-11)20(17,18)15-16(2)3/h6-7,9,14-15H,5,8,10H2,1-4H3. The van der Waals surface area contributed by atoms with Gasteiger partial charge in [-0.2, -0.15) is 0 Å². The van der Waals surface area contributed by atoms with E-state index in [1.54, 1.807) is 26.2 Å². The van der Waals surface area contributed by atoms with Gasteiger partial charge in [0.05, 0.1) is 7.11 Å². The van der Waals surface area contributed by atoms with Crippen molar-refractivity contribution < 1.29 is 13.2 Å². The molecule has 0 aromatic heterocycles. The van der Waals surface area contributed by atoms with Crippen molar-refractivity contribution >= 4 is 10.0 Å². The first-order chi connectivity index (χ1) is 9.40. The maximum atomic E-state index is 12.3. The van der Waals surface area contributed by atoms with Crippen LogP contribution in [0.3, 0.4) is 0 Å². The van der Waals surface area contributed by atoms with Crippen molar-refractivity contribution in [3.63, 3.8) is 0 Å². The average Bonchev–Trinajstić information content (AvgIpc) is 2.37. The molecule has 114 valence electrons. The fourth-order valence-electron chi connectivity index (χ4n) is 1.74. The summed E-state index contributed by atoms with van der Waals surface area (Å²) in [5, 5.41) is 4.63. The van der Waals surface area contributed by atoms with Gasteiger partial charge in [0.2, 0.25) is 0 Å². The average molecular weight is 301 g/mol. The molecule has 0 saturated heterocycles. The lowest BCUT2D eigenvalue weighted by Gasteiger charge is -2.16. The van der Waals surface area contributed by atoms with Crippen molar-refractivity contribution in [2.24, 2.45) is 0 Å². The van der Waals surface area contributed by atoms with E-state index < -0.39 is 10.0 Å². The van der Waals surface area contributed by atoms with Gasteiger partial charge in [0.15, 0.2) is 0 Å². The molecule has 6 nitrogen and oxygen atoms in total. The monoisotopic (exact) mass is 301 g/mol. The number of hydrogen-bond acceptors (Lipinski definition) is 5. The minimum Gasteiger partial charge on any atom is -0.495 e. The van der Waals surface area contributed by atoms with E-state index in [4.69, 9.17) is 4.74 Å². The fraction of sp³-hybridized carbons (Fsp3) is 0.538. The molecule has 0 fully saturated rings. The Kier molecular flexibility index (Phi) is 6.41. The van der Waals surface area contributed by atoms with Crippen LogP contribution >= 0.6 is 0 Å². The van der Waals surface area contributed by atoms with Crippen LogP contribution < -0.4 is 14.9 Å². The molecular weight excluding hydrogens is 278 g/mol. The minimum atomic E-state index is -3.63. The zero-order valence-electron chi connectivity index (χ0n) is 12.4. The van der Waals surface area contributed by atoms with Crippen LogP contribution in [0.5, 0.6) is 5.75 Å². The van der Waals surface area contributed by atoms with Crippen LogP contribution in [0.2, 0.25) is 0 Å². The van der Waals surface area contributed by atoms with Gasteiger partial charge in [-0.3, -0.25) is 0 Å². The second-order valence-electron chi connectivity index (χ2n) is 4.65. The largest absolute Gasteiger partial charge is 0.495 e. The number of hydrazine groups is 1.